The molecule has 2 aromatic rings. The smallest absolute Gasteiger partial charge is 0.134 e. The molecule has 106 valence electrons. The number of hydrogen-bond donors (Lipinski definition) is 0. The molecule has 1 aromatic heterocycles. The van der Waals surface area contributed by atoms with Crippen LogP contribution in [0.4, 0.5) is 0 Å². The van der Waals surface area contributed by atoms with Gasteiger partial charge in [-0.2, -0.15) is 0 Å². The highest BCUT2D eigenvalue weighted by atomic mass is 35.5. The van der Waals surface area contributed by atoms with Gasteiger partial charge in [0.2, 0.25) is 0 Å². The van der Waals surface area contributed by atoms with Gasteiger partial charge in [-0.25, -0.2) is 0 Å². The van der Waals surface area contributed by atoms with Crippen LogP contribution in [-0.4, -0.2) is 4.98 Å². The highest BCUT2D eigenvalue weighted by Crippen LogP contribution is 2.31. The monoisotopic (exact) mass is 289 g/mol. The Morgan fingerprint density at radius 1 is 1.15 bits per heavy atom. The Bertz CT molecular complexity index is 602. The standard InChI is InChI=1S/C17H20ClNO/c1-12-9-14(17(2,3)4)5-6-15(12)20-16-7-8-19-11-13(16)10-18/h5-9,11H,10H2,1-4H3. The molecule has 2 rings (SSSR count). The zero-order valence-corrected chi connectivity index (χ0v) is 13.2. The summed E-state index contributed by atoms with van der Waals surface area (Å²) in [4.78, 5) is 4.06. The third-order valence-electron chi connectivity index (χ3n) is 3.26. The van der Waals surface area contributed by atoms with Crippen LogP contribution in [0.25, 0.3) is 0 Å². The number of benzene rings is 1. The van der Waals surface area contributed by atoms with Gasteiger partial charge in [-0.15, -0.1) is 11.6 Å². The summed E-state index contributed by atoms with van der Waals surface area (Å²) in [5.41, 5.74) is 3.46. The predicted octanol–water partition coefficient (Wildman–Crippen LogP) is 5.22. The second kappa shape index (κ2) is 5.84. The number of hydrogen-bond acceptors (Lipinski definition) is 2. The number of halogens is 1. The minimum Gasteiger partial charge on any atom is -0.457 e. The molecule has 0 aliphatic rings. The molecule has 0 unspecified atom stereocenters. The van der Waals surface area contributed by atoms with E-state index in [-0.39, 0.29) is 5.41 Å². The number of alkyl halides is 1. The van der Waals surface area contributed by atoms with Crippen molar-refractivity contribution in [1.29, 1.82) is 0 Å². The molecule has 0 bridgehead atoms. The van der Waals surface area contributed by atoms with Crippen LogP contribution >= 0.6 is 11.6 Å². The normalized spacial score (nSPS) is 11.4. The fraction of sp³-hybridized carbons (Fsp3) is 0.353. The van der Waals surface area contributed by atoms with E-state index in [2.05, 4.69) is 44.8 Å². The van der Waals surface area contributed by atoms with E-state index >= 15 is 0 Å². The first kappa shape index (κ1) is 14.9. The highest BCUT2D eigenvalue weighted by molar-refractivity contribution is 6.17. The number of rotatable bonds is 3. The maximum atomic E-state index is 5.97. The zero-order chi connectivity index (χ0) is 14.8. The van der Waals surface area contributed by atoms with E-state index in [1.807, 2.05) is 12.1 Å². The second-order valence-electron chi connectivity index (χ2n) is 5.95. The second-order valence-corrected chi connectivity index (χ2v) is 6.22. The number of ether oxygens (including phenoxy) is 1. The Morgan fingerprint density at radius 3 is 2.50 bits per heavy atom. The fourth-order valence-corrected chi connectivity index (χ4v) is 2.16. The molecule has 0 fully saturated rings. The molecule has 0 radical (unpaired) electrons. The summed E-state index contributed by atoms with van der Waals surface area (Å²) in [5, 5.41) is 0. The number of aryl methyl sites for hydroxylation is 1. The molecule has 20 heavy (non-hydrogen) atoms. The minimum atomic E-state index is 0.140. The van der Waals surface area contributed by atoms with E-state index in [0.717, 1.165) is 22.6 Å². The van der Waals surface area contributed by atoms with Gasteiger partial charge in [-0.05, 0) is 35.6 Å². The van der Waals surface area contributed by atoms with Gasteiger partial charge in [-0.1, -0.05) is 32.9 Å². The Labute approximate surface area is 125 Å². The minimum absolute atomic E-state index is 0.140. The molecule has 0 aliphatic heterocycles. The maximum absolute atomic E-state index is 5.97. The first-order valence-electron chi connectivity index (χ1n) is 6.69. The molecule has 0 saturated heterocycles. The van der Waals surface area contributed by atoms with Gasteiger partial charge in [0, 0.05) is 18.0 Å². The van der Waals surface area contributed by atoms with E-state index in [1.54, 1.807) is 12.4 Å². The van der Waals surface area contributed by atoms with Gasteiger partial charge in [-0.3, -0.25) is 4.98 Å². The van der Waals surface area contributed by atoms with Gasteiger partial charge in [0.05, 0.1) is 5.88 Å². The van der Waals surface area contributed by atoms with Crippen LogP contribution < -0.4 is 4.74 Å². The summed E-state index contributed by atoms with van der Waals surface area (Å²) in [6, 6.07) is 8.16. The Hall–Kier alpha value is -1.54. The maximum Gasteiger partial charge on any atom is 0.134 e. The lowest BCUT2D eigenvalue weighted by Gasteiger charge is -2.20. The van der Waals surface area contributed by atoms with Crippen LogP contribution in [0.1, 0.15) is 37.5 Å². The summed E-state index contributed by atoms with van der Waals surface area (Å²) >= 11 is 5.90. The van der Waals surface area contributed by atoms with Gasteiger partial charge in [0.25, 0.3) is 0 Å². The third kappa shape index (κ3) is 3.31. The van der Waals surface area contributed by atoms with Crippen molar-refractivity contribution in [2.75, 3.05) is 0 Å². The van der Waals surface area contributed by atoms with Crippen molar-refractivity contribution in [3.8, 4) is 11.5 Å². The van der Waals surface area contributed by atoms with Gasteiger partial charge in [0.1, 0.15) is 11.5 Å². The molecule has 0 amide bonds. The molecule has 0 atom stereocenters. The van der Waals surface area contributed by atoms with Crippen molar-refractivity contribution in [2.24, 2.45) is 0 Å². The van der Waals surface area contributed by atoms with E-state index in [1.165, 1.54) is 5.56 Å². The van der Waals surface area contributed by atoms with Gasteiger partial charge < -0.3 is 4.74 Å². The largest absolute Gasteiger partial charge is 0.457 e. The predicted molar refractivity (Wildman–Crippen MR) is 83.7 cm³/mol. The molecular formula is C17H20ClNO. The number of aromatic nitrogens is 1. The van der Waals surface area contributed by atoms with Crippen LogP contribution in [0.3, 0.4) is 0 Å². The SMILES string of the molecule is Cc1cc(C(C)(C)C)ccc1Oc1ccncc1CCl. The highest BCUT2D eigenvalue weighted by Gasteiger charge is 2.15. The Morgan fingerprint density at radius 2 is 1.90 bits per heavy atom. The Balaban J connectivity index is 2.31. The molecular weight excluding hydrogens is 270 g/mol. The summed E-state index contributed by atoms with van der Waals surface area (Å²) in [6.07, 6.45) is 3.45. The van der Waals surface area contributed by atoms with Crippen LogP contribution in [0.15, 0.2) is 36.7 Å². The van der Waals surface area contributed by atoms with Crippen molar-refractivity contribution in [3.63, 3.8) is 0 Å². The van der Waals surface area contributed by atoms with E-state index in [0.29, 0.717) is 5.88 Å². The van der Waals surface area contributed by atoms with Crippen LogP contribution in [0.2, 0.25) is 0 Å². The summed E-state index contributed by atoms with van der Waals surface area (Å²) < 4.78 is 5.97. The van der Waals surface area contributed by atoms with E-state index in [9.17, 15) is 0 Å². The lowest BCUT2D eigenvalue weighted by molar-refractivity contribution is 0.472. The van der Waals surface area contributed by atoms with Crippen molar-refractivity contribution >= 4 is 11.6 Å². The third-order valence-corrected chi connectivity index (χ3v) is 3.55. The topological polar surface area (TPSA) is 22.1 Å². The lowest BCUT2D eigenvalue weighted by atomic mass is 9.86. The number of nitrogens with zero attached hydrogens (tertiary/aromatic N) is 1. The molecule has 3 heteroatoms. The quantitative estimate of drug-likeness (QED) is 0.723. The molecule has 1 aromatic carbocycles. The zero-order valence-electron chi connectivity index (χ0n) is 12.4. The number of pyridine rings is 1. The molecule has 0 spiro atoms. The summed E-state index contributed by atoms with van der Waals surface area (Å²) in [7, 11) is 0. The molecule has 2 nitrogen and oxygen atoms in total. The van der Waals surface area contributed by atoms with Crippen molar-refractivity contribution < 1.29 is 4.74 Å². The molecule has 0 aliphatic carbocycles. The summed E-state index contributed by atoms with van der Waals surface area (Å²) in [5.74, 6) is 2.01. The lowest BCUT2D eigenvalue weighted by Crippen LogP contribution is -2.11. The van der Waals surface area contributed by atoms with Crippen molar-refractivity contribution in [1.82, 2.24) is 4.98 Å². The average Bonchev–Trinajstić information content (AvgIpc) is 2.40. The molecule has 0 N–H and O–H groups in total. The molecule has 1 heterocycles. The average molecular weight is 290 g/mol. The molecule has 0 saturated carbocycles. The fourth-order valence-electron chi connectivity index (χ4n) is 1.96. The van der Waals surface area contributed by atoms with E-state index in [4.69, 9.17) is 16.3 Å². The van der Waals surface area contributed by atoms with Crippen molar-refractivity contribution in [3.05, 3.63) is 53.3 Å². The summed E-state index contributed by atoms with van der Waals surface area (Å²) in [6.45, 7) is 8.68. The Kier molecular flexibility index (Phi) is 4.34. The van der Waals surface area contributed by atoms with Crippen molar-refractivity contribution in [2.45, 2.75) is 39.0 Å². The first-order chi connectivity index (χ1) is 9.41. The van der Waals surface area contributed by atoms with E-state index < -0.39 is 0 Å². The van der Waals surface area contributed by atoms with Gasteiger partial charge >= 0.3 is 0 Å². The van der Waals surface area contributed by atoms with Crippen LogP contribution in [-0.2, 0) is 11.3 Å². The van der Waals surface area contributed by atoms with Crippen LogP contribution in [0, 0.1) is 6.92 Å². The van der Waals surface area contributed by atoms with Crippen LogP contribution in [0.5, 0.6) is 11.5 Å². The first-order valence-corrected chi connectivity index (χ1v) is 7.23. The van der Waals surface area contributed by atoms with Gasteiger partial charge in [0.15, 0.2) is 0 Å².